The first-order valence-corrected chi connectivity index (χ1v) is 4.90. The van der Waals surface area contributed by atoms with E-state index < -0.39 is 10.9 Å². The summed E-state index contributed by atoms with van der Waals surface area (Å²) in [6.07, 6.45) is 0. The first-order valence-electron chi connectivity index (χ1n) is 4.11. The maximum atomic E-state index is 11.2. The summed E-state index contributed by atoms with van der Waals surface area (Å²) >= 11 is 3.09. The standard InChI is InChI=1S/C9H8BrNO5.CH4/c1-15-8-6(10)3-5(9(12)16-2)4-7(8)11(13)14;/h3-4H,1-2H3;1H4. The van der Waals surface area contributed by atoms with Crippen LogP contribution in [0.2, 0.25) is 0 Å². The zero-order valence-electron chi connectivity index (χ0n) is 8.52. The minimum atomic E-state index is -0.647. The van der Waals surface area contributed by atoms with Crippen LogP contribution in [0.4, 0.5) is 5.69 Å². The first-order chi connectivity index (χ1) is 7.51. The molecule has 0 aliphatic heterocycles. The minimum absolute atomic E-state index is 0. The number of nitro benzene ring substituents is 1. The Hall–Kier alpha value is -1.63. The van der Waals surface area contributed by atoms with Crippen LogP contribution in [-0.2, 0) is 4.74 Å². The highest BCUT2D eigenvalue weighted by atomic mass is 79.9. The molecule has 1 rings (SSSR count). The number of hydrogen-bond donors (Lipinski definition) is 0. The molecule has 0 radical (unpaired) electrons. The Bertz CT molecular complexity index is 447. The number of carbonyl (C=O) groups excluding carboxylic acids is 1. The molecule has 0 N–H and O–H groups in total. The van der Waals surface area contributed by atoms with Crippen LogP contribution >= 0.6 is 15.9 Å². The molecular weight excluding hydrogens is 294 g/mol. The monoisotopic (exact) mass is 305 g/mol. The van der Waals surface area contributed by atoms with E-state index in [-0.39, 0.29) is 24.4 Å². The summed E-state index contributed by atoms with van der Waals surface area (Å²) in [5, 5.41) is 10.7. The Kier molecular flexibility index (Phi) is 5.60. The van der Waals surface area contributed by atoms with Crippen LogP contribution in [0.1, 0.15) is 17.8 Å². The molecule has 1 aromatic rings. The van der Waals surface area contributed by atoms with E-state index in [1.54, 1.807) is 0 Å². The zero-order valence-corrected chi connectivity index (χ0v) is 10.1. The fraction of sp³-hybridized carbons (Fsp3) is 0.300. The van der Waals surface area contributed by atoms with E-state index in [0.717, 1.165) is 6.07 Å². The Labute approximate surface area is 107 Å². The molecule has 0 fully saturated rings. The molecule has 7 heteroatoms. The van der Waals surface area contributed by atoms with Gasteiger partial charge in [0.05, 0.1) is 29.2 Å². The van der Waals surface area contributed by atoms with Crippen molar-refractivity contribution in [1.82, 2.24) is 0 Å². The van der Waals surface area contributed by atoms with E-state index in [2.05, 4.69) is 20.7 Å². The Balaban J connectivity index is 0.00000256. The summed E-state index contributed by atoms with van der Waals surface area (Å²) in [7, 11) is 2.51. The molecule has 0 amide bonds. The van der Waals surface area contributed by atoms with Crippen molar-refractivity contribution < 1.29 is 19.2 Å². The van der Waals surface area contributed by atoms with E-state index in [0.29, 0.717) is 4.47 Å². The molecule has 0 aliphatic carbocycles. The molecule has 0 saturated carbocycles. The topological polar surface area (TPSA) is 78.7 Å². The van der Waals surface area contributed by atoms with Gasteiger partial charge < -0.3 is 9.47 Å². The van der Waals surface area contributed by atoms with Crippen molar-refractivity contribution >= 4 is 27.6 Å². The third-order valence-corrected chi connectivity index (χ3v) is 2.43. The van der Waals surface area contributed by atoms with Crippen molar-refractivity contribution in [3.8, 4) is 5.75 Å². The number of ether oxygens (including phenoxy) is 2. The molecule has 0 saturated heterocycles. The van der Waals surface area contributed by atoms with E-state index in [1.165, 1.54) is 20.3 Å². The highest BCUT2D eigenvalue weighted by Crippen LogP contribution is 2.36. The molecule has 94 valence electrons. The van der Waals surface area contributed by atoms with E-state index in [4.69, 9.17) is 4.74 Å². The Morgan fingerprint density at radius 1 is 1.41 bits per heavy atom. The highest BCUT2D eigenvalue weighted by Gasteiger charge is 2.22. The Morgan fingerprint density at radius 3 is 2.41 bits per heavy atom. The van der Waals surface area contributed by atoms with Crippen molar-refractivity contribution in [1.29, 1.82) is 0 Å². The van der Waals surface area contributed by atoms with Gasteiger partial charge in [-0.05, 0) is 22.0 Å². The third-order valence-electron chi connectivity index (χ3n) is 1.85. The number of methoxy groups -OCH3 is 2. The first kappa shape index (κ1) is 15.4. The number of benzene rings is 1. The Morgan fingerprint density at radius 2 is 2.00 bits per heavy atom. The number of esters is 1. The van der Waals surface area contributed by atoms with Gasteiger partial charge >= 0.3 is 11.7 Å². The lowest BCUT2D eigenvalue weighted by Gasteiger charge is -2.06. The molecule has 1 aromatic carbocycles. The molecule has 0 atom stereocenters. The summed E-state index contributed by atoms with van der Waals surface area (Å²) in [5.41, 5.74) is -0.209. The van der Waals surface area contributed by atoms with E-state index in [9.17, 15) is 14.9 Å². The largest absolute Gasteiger partial charge is 0.489 e. The fourth-order valence-electron chi connectivity index (χ4n) is 1.15. The van der Waals surface area contributed by atoms with Gasteiger partial charge in [0.15, 0.2) is 0 Å². The zero-order chi connectivity index (χ0) is 12.3. The van der Waals surface area contributed by atoms with Crippen molar-refractivity contribution in [3.05, 3.63) is 32.3 Å². The molecule has 0 aliphatic rings. The SMILES string of the molecule is C.COC(=O)c1cc(Br)c(OC)c([N+](=O)[O-])c1. The van der Waals surface area contributed by atoms with Gasteiger partial charge in [-0.15, -0.1) is 0 Å². The van der Waals surface area contributed by atoms with Crippen LogP contribution < -0.4 is 4.74 Å². The van der Waals surface area contributed by atoms with Crippen LogP contribution in [0.15, 0.2) is 16.6 Å². The number of nitrogens with zero attached hydrogens (tertiary/aromatic N) is 1. The van der Waals surface area contributed by atoms with Gasteiger partial charge in [-0.1, -0.05) is 7.43 Å². The molecule has 0 bridgehead atoms. The number of nitro groups is 1. The molecule has 17 heavy (non-hydrogen) atoms. The molecule has 0 heterocycles. The van der Waals surface area contributed by atoms with Crippen molar-refractivity contribution in [3.63, 3.8) is 0 Å². The summed E-state index contributed by atoms with van der Waals surface area (Å²) in [6.45, 7) is 0. The normalized spacial score (nSPS) is 9.12. The molecule has 0 aromatic heterocycles. The smallest absolute Gasteiger partial charge is 0.338 e. The van der Waals surface area contributed by atoms with Crippen LogP contribution in [0.3, 0.4) is 0 Å². The summed E-state index contributed by atoms with van der Waals surface area (Å²) in [4.78, 5) is 21.4. The number of halogens is 1. The van der Waals surface area contributed by atoms with Gasteiger partial charge in [0, 0.05) is 6.07 Å². The predicted octanol–water partition coefficient (Wildman–Crippen LogP) is 2.79. The van der Waals surface area contributed by atoms with Gasteiger partial charge in [0.25, 0.3) is 0 Å². The van der Waals surface area contributed by atoms with Crippen LogP contribution in [0.25, 0.3) is 0 Å². The van der Waals surface area contributed by atoms with Gasteiger partial charge in [0.1, 0.15) is 0 Å². The van der Waals surface area contributed by atoms with Gasteiger partial charge in [-0.3, -0.25) is 10.1 Å². The number of hydrogen-bond acceptors (Lipinski definition) is 5. The minimum Gasteiger partial charge on any atom is -0.489 e. The van der Waals surface area contributed by atoms with Gasteiger partial charge in [-0.2, -0.15) is 0 Å². The second-order valence-corrected chi connectivity index (χ2v) is 3.61. The van der Waals surface area contributed by atoms with Crippen LogP contribution in [0.5, 0.6) is 5.75 Å². The van der Waals surface area contributed by atoms with Crippen LogP contribution in [0, 0.1) is 10.1 Å². The molecular formula is C10H12BrNO5. The number of carbonyl (C=O) groups is 1. The third kappa shape index (κ3) is 3.16. The second-order valence-electron chi connectivity index (χ2n) is 2.76. The number of rotatable bonds is 3. The maximum Gasteiger partial charge on any atom is 0.338 e. The quantitative estimate of drug-likeness (QED) is 0.487. The summed E-state index contributed by atoms with van der Waals surface area (Å²) in [5.74, 6) is -0.580. The van der Waals surface area contributed by atoms with Gasteiger partial charge in [-0.25, -0.2) is 4.79 Å². The lowest BCUT2D eigenvalue weighted by atomic mass is 10.2. The molecule has 6 nitrogen and oxygen atoms in total. The predicted molar refractivity (Wildman–Crippen MR) is 65.4 cm³/mol. The van der Waals surface area contributed by atoms with Crippen molar-refractivity contribution in [2.45, 2.75) is 7.43 Å². The lowest BCUT2D eigenvalue weighted by molar-refractivity contribution is -0.385. The van der Waals surface area contributed by atoms with Crippen molar-refractivity contribution in [2.75, 3.05) is 14.2 Å². The van der Waals surface area contributed by atoms with Gasteiger partial charge in [0.2, 0.25) is 5.75 Å². The lowest BCUT2D eigenvalue weighted by Crippen LogP contribution is -2.03. The van der Waals surface area contributed by atoms with E-state index >= 15 is 0 Å². The highest BCUT2D eigenvalue weighted by molar-refractivity contribution is 9.10. The second kappa shape index (κ2) is 6.19. The average Bonchev–Trinajstić information content (AvgIpc) is 2.26. The van der Waals surface area contributed by atoms with Crippen LogP contribution in [-0.4, -0.2) is 25.1 Å². The van der Waals surface area contributed by atoms with E-state index in [1.807, 2.05) is 0 Å². The molecule has 0 unspecified atom stereocenters. The average molecular weight is 306 g/mol. The maximum absolute atomic E-state index is 11.2. The van der Waals surface area contributed by atoms with Crippen molar-refractivity contribution in [2.24, 2.45) is 0 Å². The molecule has 0 spiro atoms. The summed E-state index contributed by atoms with van der Waals surface area (Å²) < 4.78 is 9.67. The fourth-order valence-corrected chi connectivity index (χ4v) is 1.76. The summed E-state index contributed by atoms with van der Waals surface area (Å²) in [6, 6.07) is 2.51.